The quantitative estimate of drug-likeness (QED) is 0.788. The summed E-state index contributed by atoms with van der Waals surface area (Å²) in [6.07, 6.45) is 6.52. The molecule has 6 nitrogen and oxygen atoms in total. The molecule has 15 heavy (non-hydrogen) atoms. The number of imidazole rings is 1. The Kier molecular flexibility index (Phi) is 2.66. The van der Waals surface area contributed by atoms with Crippen molar-refractivity contribution >= 4 is 5.82 Å². The van der Waals surface area contributed by atoms with Gasteiger partial charge in [0.25, 0.3) is 0 Å². The summed E-state index contributed by atoms with van der Waals surface area (Å²) in [5, 5.41) is 7.75. The van der Waals surface area contributed by atoms with Crippen LogP contribution in [0.5, 0.6) is 0 Å². The van der Waals surface area contributed by atoms with Gasteiger partial charge in [0.2, 0.25) is 0 Å². The smallest absolute Gasteiger partial charge is 0.168 e. The zero-order valence-electron chi connectivity index (χ0n) is 8.67. The highest BCUT2D eigenvalue weighted by Crippen LogP contribution is 2.05. The van der Waals surface area contributed by atoms with Gasteiger partial charge in [0, 0.05) is 25.5 Å². The average Bonchev–Trinajstić information content (AvgIpc) is 2.83. The van der Waals surface area contributed by atoms with Crippen LogP contribution in [0.25, 0.3) is 0 Å². The highest BCUT2D eigenvalue weighted by Gasteiger charge is 2.03. The van der Waals surface area contributed by atoms with Crippen molar-refractivity contribution < 1.29 is 0 Å². The molecular formula is C9H14N6. The van der Waals surface area contributed by atoms with Crippen LogP contribution in [0.3, 0.4) is 0 Å². The van der Waals surface area contributed by atoms with E-state index < -0.39 is 0 Å². The molecule has 0 bridgehead atoms. The molecule has 0 radical (unpaired) electrons. The summed E-state index contributed by atoms with van der Waals surface area (Å²) in [6.45, 7) is 3.68. The molecule has 6 heteroatoms. The molecular weight excluding hydrogens is 192 g/mol. The SMILES string of the molecule is Cc1c(N)nnn1CCCn1ccnc1. The Morgan fingerprint density at radius 1 is 1.40 bits per heavy atom. The van der Waals surface area contributed by atoms with Crippen molar-refractivity contribution in [1.29, 1.82) is 0 Å². The fourth-order valence-electron chi connectivity index (χ4n) is 1.41. The van der Waals surface area contributed by atoms with Gasteiger partial charge in [-0.2, -0.15) is 0 Å². The molecule has 0 amide bonds. The number of hydrogen-bond acceptors (Lipinski definition) is 4. The molecule has 0 fully saturated rings. The third-order valence-corrected chi connectivity index (χ3v) is 2.36. The Morgan fingerprint density at radius 2 is 2.27 bits per heavy atom. The predicted octanol–water partition coefficient (Wildman–Crippen LogP) is 0.456. The number of anilines is 1. The van der Waals surface area contributed by atoms with Crippen LogP contribution in [0.1, 0.15) is 12.1 Å². The van der Waals surface area contributed by atoms with Gasteiger partial charge < -0.3 is 10.3 Å². The Bertz CT molecular complexity index is 416. The van der Waals surface area contributed by atoms with E-state index >= 15 is 0 Å². The highest BCUT2D eigenvalue weighted by atomic mass is 15.4. The monoisotopic (exact) mass is 206 g/mol. The summed E-state index contributed by atoms with van der Waals surface area (Å²) >= 11 is 0. The second-order valence-electron chi connectivity index (χ2n) is 3.44. The van der Waals surface area contributed by atoms with E-state index in [1.807, 2.05) is 28.7 Å². The number of aromatic nitrogens is 5. The third-order valence-electron chi connectivity index (χ3n) is 2.36. The molecule has 0 saturated heterocycles. The van der Waals surface area contributed by atoms with Crippen molar-refractivity contribution in [2.24, 2.45) is 0 Å². The van der Waals surface area contributed by atoms with Gasteiger partial charge in [-0.3, -0.25) is 0 Å². The van der Waals surface area contributed by atoms with E-state index in [0.29, 0.717) is 5.82 Å². The van der Waals surface area contributed by atoms with Gasteiger partial charge in [0.05, 0.1) is 12.0 Å². The largest absolute Gasteiger partial charge is 0.381 e. The van der Waals surface area contributed by atoms with Crippen molar-refractivity contribution in [2.45, 2.75) is 26.4 Å². The van der Waals surface area contributed by atoms with E-state index in [-0.39, 0.29) is 0 Å². The molecule has 0 aliphatic carbocycles. The molecule has 0 saturated carbocycles. The van der Waals surface area contributed by atoms with Gasteiger partial charge in [0.15, 0.2) is 5.82 Å². The molecule has 0 spiro atoms. The molecule has 2 N–H and O–H groups in total. The normalized spacial score (nSPS) is 10.7. The first-order valence-electron chi connectivity index (χ1n) is 4.88. The number of aryl methyl sites for hydroxylation is 2. The molecule has 2 rings (SSSR count). The zero-order chi connectivity index (χ0) is 10.7. The van der Waals surface area contributed by atoms with Gasteiger partial charge in [-0.1, -0.05) is 5.21 Å². The van der Waals surface area contributed by atoms with Crippen LogP contribution in [0.15, 0.2) is 18.7 Å². The van der Waals surface area contributed by atoms with Gasteiger partial charge >= 0.3 is 0 Å². The van der Waals surface area contributed by atoms with E-state index in [1.54, 1.807) is 6.20 Å². The van der Waals surface area contributed by atoms with Crippen LogP contribution in [0, 0.1) is 6.92 Å². The molecule has 2 aromatic heterocycles. The summed E-state index contributed by atoms with van der Waals surface area (Å²) in [4.78, 5) is 3.98. The second kappa shape index (κ2) is 4.12. The molecule has 0 aliphatic heterocycles. The number of rotatable bonds is 4. The van der Waals surface area contributed by atoms with Crippen LogP contribution in [-0.2, 0) is 13.1 Å². The lowest BCUT2D eigenvalue weighted by Gasteiger charge is -2.03. The lowest BCUT2D eigenvalue weighted by atomic mass is 10.4. The van der Waals surface area contributed by atoms with Gasteiger partial charge in [-0.25, -0.2) is 9.67 Å². The van der Waals surface area contributed by atoms with Crippen LogP contribution >= 0.6 is 0 Å². The summed E-state index contributed by atoms with van der Waals surface area (Å²) in [7, 11) is 0. The molecule has 0 aliphatic rings. The highest BCUT2D eigenvalue weighted by molar-refractivity contribution is 5.31. The van der Waals surface area contributed by atoms with E-state index in [0.717, 1.165) is 25.2 Å². The van der Waals surface area contributed by atoms with E-state index in [4.69, 9.17) is 5.73 Å². The lowest BCUT2D eigenvalue weighted by Crippen LogP contribution is -2.06. The predicted molar refractivity (Wildman–Crippen MR) is 56.0 cm³/mol. The standard InChI is InChI=1S/C9H14N6/c1-8-9(10)12-13-15(8)5-2-4-14-6-3-11-7-14/h3,6-7H,2,4-5,10H2,1H3. The maximum absolute atomic E-state index is 5.60. The van der Waals surface area contributed by atoms with Gasteiger partial charge in [-0.15, -0.1) is 5.10 Å². The second-order valence-corrected chi connectivity index (χ2v) is 3.44. The van der Waals surface area contributed by atoms with E-state index in [2.05, 4.69) is 15.3 Å². The molecule has 2 heterocycles. The van der Waals surface area contributed by atoms with Crippen LogP contribution in [0.2, 0.25) is 0 Å². The lowest BCUT2D eigenvalue weighted by molar-refractivity contribution is 0.506. The average molecular weight is 206 g/mol. The minimum absolute atomic E-state index is 0.512. The Balaban J connectivity index is 1.86. The molecule has 2 aromatic rings. The van der Waals surface area contributed by atoms with Crippen molar-refractivity contribution in [2.75, 3.05) is 5.73 Å². The molecule has 80 valence electrons. The van der Waals surface area contributed by atoms with Crippen LogP contribution in [-0.4, -0.2) is 24.5 Å². The van der Waals surface area contributed by atoms with Crippen molar-refractivity contribution in [3.05, 3.63) is 24.4 Å². The molecule has 0 aromatic carbocycles. The minimum Gasteiger partial charge on any atom is -0.381 e. The van der Waals surface area contributed by atoms with Crippen molar-refractivity contribution in [3.63, 3.8) is 0 Å². The maximum Gasteiger partial charge on any atom is 0.168 e. The van der Waals surface area contributed by atoms with Crippen LogP contribution < -0.4 is 5.73 Å². The van der Waals surface area contributed by atoms with Crippen molar-refractivity contribution in [1.82, 2.24) is 24.5 Å². The summed E-state index contributed by atoms with van der Waals surface area (Å²) in [6, 6.07) is 0. The number of nitrogens with zero attached hydrogens (tertiary/aromatic N) is 5. The van der Waals surface area contributed by atoms with E-state index in [9.17, 15) is 0 Å². The zero-order valence-corrected chi connectivity index (χ0v) is 8.67. The topological polar surface area (TPSA) is 74.5 Å². The maximum atomic E-state index is 5.60. The Labute approximate surface area is 87.7 Å². The van der Waals surface area contributed by atoms with Gasteiger partial charge in [-0.05, 0) is 13.3 Å². The van der Waals surface area contributed by atoms with E-state index in [1.165, 1.54) is 0 Å². The summed E-state index contributed by atoms with van der Waals surface area (Å²) < 4.78 is 3.86. The fraction of sp³-hybridized carbons (Fsp3) is 0.444. The first kappa shape index (κ1) is 9.70. The number of nitrogens with two attached hydrogens (primary N) is 1. The summed E-state index contributed by atoms with van der Waals surface area (Å²) in [5.41, 5.74) is 6.53. The molecule has 0 atom stereocenters. The fourth-order valence-corrected chi connectivity index (χ4v) is 1.41. The third kappa shape index (κ3) is 2.15. The van der Waals surface area contributed by atoms with Crippen LogP contribution in [0.4, 0.5) is 5.82 Å². The minimum atomic E-state index is 0.512. The number of hydrogen-bond donors (Lipinski definition) is 1. The molecule has 0 unspecified atom stereocenters. The van der Waals surface area contributed by atoms with Crippen molar-refractivity contribution in [3.8, 4) is 0 Å². The number of nitrogen functional groups attached to an aromatic ring is 1. The first-order valence-corrected chi connectivity index (χ1v) is 4.88. The Hall–Kier alpha value is -1.85. The summed E-state index contributed by atoms with van der Waals surface area (Å²) in [5.74, 6) is 0.512. The van der Waals surface area contributed by atoms with Gasteiger partial charge in [0.1, 0.15) is 0 Å². The Morgan fingerprint density at radius 3 is 2.87 bits per heavy atom. The first-order chi connectivity index (χ1) is 7.27.